The Balaban J connectivity index is 2.01. The van der Waals surface area contributed by atoms with Gasteiger partial charge in [0, 0.05) is 5.41 Å². The molecule has 3 rings (SSSR count). The van der Waals surface area contributed by atoms with E-state index in [0.29, 0.717) is 0 Å². The van der Waals surface area contributed by atoms with Crippen molar-refractivity contribution in [2.24, 2.45) is 11.1 Å². The Labute approximate surface area is 122 Å². The molecule has 1 heterocycles. The van der Waals surface area contributed by atoms with Gasteiger partial charge in [0.2, 0.25) is 0 Å². The Hall–Kier alpha value is -1.81. The Bertz CT molecular complexity index is 647. The molecule has 2 aromatic rings. The molecule has 0 bridgehead atoms. The maximum atomic E-state index is 11.1. The lowest BCUT2D eigenvalue weighted by Gasteiger charge is -2.26. The van der Waals surface area contributed by atoms with Gasteiger partial charge in [-0.05, 0) is 45.5 Å². The molecule has 1 amide bonds. The molecule has 0 radical (unpaired) electrons. The maximum absolute atomic E-state index is 11.1. The van der Waals surface area contributed by atoms with Crippen molar-refractivity contribution in [2.75, 3.05) is 0 Å². The third-order valence-electron chi connectivity index (χ3n) is 3.87. The fourth-order valence-electron chi connectivity index (χ4n) is 2.97. The summed E-state index contributed by atoms with van der Waals surface area (Å²) < 4.78 is 5.32. The molecule has 1 unspecified atom stereocenters. The first kappa shape index (κ1) is 13.2. The van der Waals surface area contributed by atoms with E-state index in [4.69, 9.17) is 10.5 Å². The first-order valence-electron chi connectivity index (χ1n) is 6.59. The van der Waals surface area contributed by atoms with E-state index in [9.17, 15) is 4.79 Å². The lowest BCUT2D eigenvalue weighted by molar-refractivity contribution is 0.0392. The number of fused-ring (bicyclic) bond motifs is 1. The number of thiophene rings is 1. The Morgan fingerprint density at radius 1 is 1.35 bits per heavy atom. The van der Waals surface area contributed by atoms with Crippen LogP contribution < -0.4 is 5.73 Å². The number of rotatable bonds is 2. The van der Waals surface area contributed by atoms with Gasteiger partial charge in [0.1, 0.15) is 6.10 Å². The largest absolute Gasteiger partial charge is 0.441 e. The molecular formula is C16H17NO2S. The predicted molar refractivity (Wildman–Crippen MR) is 80.6 cm³/mol. The molecule has 0 spiro atoms. The second-order valence-electron chi connectivity index (χ2n) is 5.91. The average Bonchev–Trinajstić information content (AvgIpc) is 2.95. The molecule has 0 aliphatic heterocycles. The van der Waals surface area contributed by atoms with Crippen molar-refractivity contribution < 1.29 is 9.53 Å². The van der Waals surface area contributed by atoms with Crippen LogP contribution in [0.25, 0.3) is 11.1 Å². The van der Waals surface area contributed by atoms with Crippen molar-refractivity contribution in [2.45, 2.75) is 26.4 Å². The zero-order valence-electron chi connectivity index (χ0n) is 11.6. The molecule has 4 heteroatoms. The second-order valence-corrected chi connectivity index (χ2v) is 6.69. The summed E-state index contributed by atoms with van der Waals surface area (Å²) in [7, 11) is 0. The van der Waals surface area contributed by atoms with E-state index in [2.05, 4.69) is 48.9 Å². The van der Waals surface area contributed by atoms with Crippen molar-refractivity contribution in [3.63, 3.8) is 0 Å². The van der Waals surface area contributed by atoms with Crippen LogP contribution in [-0.2, 0) is 11.2 Å². The van der Waals surface area contributed by atoms with Crippen molar-refractivity contribution >= 4 is 17.4 Å². The fourth-order valence-corrected chi connectivity index (χ4v) is 3.63. The Morgan fingerprint density at radius 3 is 2.80 bits per heavy atom. The van der Waals surface area contributed by atoms with Crippen LogP contribution in [0.5, 0.6) is 0 Å². The molecular weight excluding hydrogens is 270 g/mol. The van der Waals surface area contributed by atoms with Gasteiger partial charge in [0.25, 0.3) is 0 Å². The molecule has 1 atom stereocenters. The summed E-state index contributed by atoms with van der Waals surface area (Å²) >= 11 is 1.69. The summed E-state index contributed by atoms with van der Waals surface area (Å²) in [6, 6.07) is 8.46. The predicted octanol–water partition coefficient (Wildman–Crippen LogP) is 4.13. The molecule has 0 fully saturated rings. The number of carbonyl (C=O) groups is 1. The summed E-state index contributed by atoms with van der Waals surface area (Å²) in [5.41, 5.74) is 9.83. The maximum Gasteiger partial charge on any atom is 0.405 e. The second kappa shape index (κ2) is 4.63. The van der Waals surface area contributed by atoms with Crippen LogP contribution in [0.2, 0.25) is 0 Å². The van der Waals surface area contributed by atoms with Crippen LogP contribution >= 0.6 is 11.3 Å². The lowest BCUT2D eigenvalue weighted by Crippen LogP contribution is -2.25. The van der Waals surface area contributed by atoms with Gasteiger partial charge in [-0.25, -0.2) is 4.79 Å². The monoisotopic (exact) mass is 287 g/mol. The van der Waals surface area contributed by atoms with Gasteiger partial charge in [-0.3, -0.25) is 0 Å². The molecule has 0 saturated carbocycles. The van der Waals surface area contributed by atoms with E-state index in [0.717, 1.165) is 12.0 Å². The molecule has 1 aliphatic rings. The van der Waals surface area contributed by atoms with E-state index in [1.165, 1.54) is 16.7 Å². The number of hydrogen-bond donors (Lipinski definition) is 1. The van der Waals surface area contributed by atoms with E-state index in [1.807, 2.05) is 0 Å². The summed E-state index contributed by atoms with van der Waals surface area (Å²) in [6.07, 6.45) is -0.0810. The van der Waals surface area contributed by atoms with Gasteiger partial charge in [-0.1, -0.05) is 32.0 Å². The van der Waals surface area contributed by atoms with Gasteiger partial charge >= 0.3 is 6.09 Å². The molecule has 1 aliphatic carbocycles. The quantitative estimate of drug-likeness (QED) is 0.902. The van der Waals surface area contributed by atoms with E-state index in [-0.39, 0.29) is 11.5 Å². The van der Waals surface area contributed by atoms with Crippen LogP contribution in [0.15, 0.2) is 35.0 Å². The van der Waals surface area contributed by atoms with Crippen molar-refractivity contribution in [3.05, 3.63) is 46.2 Å². The molecule has 0 saturated heterocycles. The molecule has 104 valence electrons. The molecule has 1 aromatic heterocycles. The fraction of sp³-hybridized carbons (Fsp3) is 0.312. The van der Waals surface area contributed by atoms with Gasteiger partial charge in [0.05, 0.1) is 0 Å². The minimum Gasteiger partial charge on any atom is -0.441 e. The number of amides is 1. The van der Waals surface area contributed by atoms with Crippen molar-refractivity contribution in [1.82, 2.24) is 0 Å². The van der Waals surface area contributed by atoms with Gasteiger partial charge in [0.15, 0.2) is 0 Å². The Kier molecular flexibility index (Phi) is 3.05. The first-order chi connectivity index (χ1) is 9.47. The number of primary amides is 1. The van der Waals surface area contributed by atoms with Crippen molar-refractivity contribution in [1.29, 1.82) is 0 Å². The third kappa shape index (κ3) is 2.20. The highest BCUT2D eigenvalue weighted by Crippen LogP contribution is 2.48. The normalized spacial score (nSPS) is 19.6. The van der Waals surface area contributed by atoms with E-state index < -0.39 is 6.09 Å². The number of nitrogens with two attached hydrogens (primary N) is 1. The highest BCUT2D eigenvalue weighted by atomic mass is 32.1. The topological polar surface area (TPSA) is 52.3 Å². The lowest BCUT2D eigenvalue weighted by atomic mass is 9.87. The van der Waals surface area contributed by atoms with Crippen LogP contribution in [0.4, 0.5) is 4.79 Å². The summed E-state index contributed by atoms with van der Waals surface area (Å²) in [4.78, 5) is 11.1. The van der Waals surface area contributed by atoms with Crippen LogP contribution in [0.1, 0.15) is 31.1 Å². The SMILES string of the molecule is CC1(C)Cc2cc(-c3ccsc3)ccc2C1OC(N)=O. The minimum atomic E-state index is -0.710. The highest BCUT2D eigenvalue weighted by molar-refractivity contribution is 7.08. The smallest absolute Gasteiger partial charge is 0.405 e. The number of hydrogen-bond acceptors (Lipinski definition) is 3. The zero-order valence-corrected chi connectivity index (χ0v) is 12.4. The van der Waals surface area contributed by atoms with Crippen LogP contribution in [0, 0.1) is 5.41 Å². The van der Waals surface area contributed by atoms with Gasteiger partial charge in [-0.15, -0.1) is 0 Å². The van der Waals surface area contributed by atoms with Crippen molar-refractivity contribution in [3.8, 4) is 11.1 Å². The Morgan fingerprint density at radius 2 is 2.15 bits per heavy atom. The average molecular weight is 287 g/mol. The molecule has 1 aromatic carbocycles. The summed E-state index contributed by atoms with van der Waals surface area (Å²) in [5, 5.41) is 4.21. The standard InChI is InChI=1S/C16H17NO2S/c1-16(2)8-12-7-10(11-5-6-20-9-11)3-4-13(12)14(16)19-15(17)18/h3-7,9,14H,8H2,1-2H3,(H2,17,18). The number of carbonyl (C=O) groups excluding carboxylic acids is 1. The minimum absolute atomic E-state index is 0.120. The molecule has 20 heavy (non-hydrogen) atoms. The number of ether oxygens (including phenoxy) is 1. The van der Waals surface area contributed by atoms with Gasteiger partial charge in [-0.2, -0.15) is 11.3 Å². The molecule has 3 nitrogen and oxygen atoms in total. The zero-order chi connectivity index (χ0) is 14.3. The summed E-state index contributed by atoms with van der Waals surface area (Å²) in [5.74, 6) is 0. The van der Waals surface area contributed by atoms with Crippen LogP contribution in [0.3, 0.4) is 0 Å². The summed E-state index contributed by atoms with van der Waals surface area (Å²) in [6.45, 7) is 4.20. The highest BCUT2D eigenvalue weighted by Gasteiger charge is 2.41. The van der Waals surface area contributed by atoms with Gasteiger partial charge < -0.3 is 10.5 Å². The third-order valence-corrected chi connectivity index (χ3v) is 4.55. The van der Waals surface area contributed by atoms with E-state index >= 15 is 0 Å². The first-order valence-corrected chi connectivity index (χ1v) is 7.53. The van der Waals surface area contributed by atoms with Crippen LogP contribution in [-0.4, -0.2) is 6.09 Å². The van der Waals surface area contributed by atoms with E-state index in [1.54, 1.807) is 11.3 Å². The number of benzene rings is 1. The molecule has 2 N–H and O–H groups in total.